The minimum absolute atomic E-state index is 0.0345. The Balaban J connectivity index is 1.89. The summed E-state index contributed by atoms with van der Waals surface area (Å²) in [6.07, 6.45) is 0. The second kappa shape index (κ2) is 6.40. The van der Waals surface area contributed by atoms with Gasteiger partial charge in [-0.25, -0.2) is 4.79 Å². The highest BCUT2D eigenvalue weighted by atomic mass is 32.2. The van der Waals surface area contributed by atoms with Gasteiger partial charge in [0.2, 0.25) is 0 Å². The van der Waals surface area contributed by atoms with E-state index in [4.69, 9.17) is 9.47 Å². The highest BCUT2D eigenvalue weighted by molar-refractivity contribution is 7.99. The van der Waals surface area contributed by atoms with E-state index in [2.05, 4.69) is 0 Å². The topological polar surface area (TPSA) is 60.3 Å². The number of carbonyl (C=O) groups excluding carboxylic acids is 2. The van der Waals surface area contributed by atoms with Crippen molar-refractivity contribution in [2.24, 2.45) is 0 Å². The van der Waals surface area contributed by atoms with Crippen LogP contribution in [0.1, 0.15) is 0 Å². The van der Waals surface area contributed by atoms with Crippen molar-refractivity contribution in [2.45, 2.75) is 6.04 Å². The van der Waals surface area contributed by atoms with E-state index in [1.54, 1.807) is 16.7 Å². The van der Waals surface area contributed by atoms with Crippen molar-refractivity contribution in [2.75, 3.05) is 51.6 Å². The fourth-order valence-corrected chi connectivity index (χ4v) is 3.34. The lowest BCUT2D eigenvalue weighted by molar-refractivity contribution is -0.900. The lowest BCUT2D eigenvalue weighted by Crippen LogP contribution is -3.15. The van der Waals surface area contributed by atoms with Crippen LogP contribution in [0.2, 0.25) is 0 Å². The first-order valence-corrected chi connectivity index (χ1v) is 7.24. The molecule has 1 N–H and O–H groups in total. The minimum atomic E-state index is -0.409. The second-order valence-electron chi connectivity index (χ2n) is 4.44. The van der Waals surface area contributed by atoms with Crippen LogP contribution in [0.5, 0.6) is 0 Å². The molecule has 2 heterocycles. The Kier molecular flexibility index (Phi) is 4.85. The molecule has 18 heavy (non-hydrogen) atoms. The van der Waals surface area contributed by atoms with E-state index in [0.29, 0.717) is 31.4 Å². The number of hydrogen-bond donors (Lipinski definition) is 1. The number of quaternary nitrogens is 1. The zero-order valence-corrected chi connectivity index (χ0v) is 11.3. The first kappa shape index (κ1) is 13.6. The van der Waals surface area contributed by atoms with Gasteiger partial charge in [-0.1, -0.05) is 0 Å². The van der Waals surface area contributed by atoms with Gasteiger partial charge in [0, 0.05) is 5.75 Å². The highest BCUT2D eigenvalue weighted by Gasteiger charge is 2.36. The van der Waals surface area contributed by atoms with E-state index in [-0.39, 0.29) is 11.9 Å². The van der Waals surface area contributed by atoms with Crippen LogP contribution in [0.4, 0.5) is 0 Å². The summed E-state index contributed by atoms with van der Waals surface area (Å²) in [5.41, 5.74) is 0. The monoisotopic (exact) mass is 275 g/mol. The van der Waals surface area contributed by atoms with E-state index in [0.717, 1.165) is 13.1 Å². The molecule has 0 radical (unpaired) electrons. The van der Waals surface area contributed by atoms with Crippen LogP contribution < -0.4 is 4.90 Å². The Labute approximate surface area is 111 Å². The van der Waals surface area contributed by atoms with Crippen molar-refractivity contribution in [1.82, 2.24) is 4.90 Å². The molecule has 7 heteroatoms. The van der Waals surface area contributed by atoms with Gasteiger partial charge in [-0.15, -0.1) is 11.8 Å². The smallest absolute Gasteiger partial charge is 0.329 e. The maximum atomic E-state index is 12.2. The lowest BCUT2D eigenvalue weighted by atomic mass is 10.3. The third kappa shape index (κ3) is 3.15. The van der Waals surface area contributed by atoms with Gasteiger partial charge in [-0.2, -0.15) is 0 Å². The van der Waals surface area contributed by atoms with Gasteiger partial charge in [-0.05, 0) is 0 Å². The first-order valence-electron chi connectivity index (χ1n) is 6.08. The van der Waals surface area contributed by atoms with Crippen molar-refractivity contribution in [1.29, 1.82) is 0 Å². The molecule has 2 fully saturated rings. The molecule has 2 saturated heterocycles. The number of thioether (sulfide) groups is 1. The van der Waals surface area contributed by atoms with Crippen molar-refractivity contribution in [3.8, 4) is 0 Å². The Morgan fingerprint density at radius 3 is 2.83 bits per heavy atom. The summed E-state index contributed by atoms with van der Waals surface area (Å²) in [6, 6.07) is -0.409. The molecule has 2 aliphatic heterocycles. The number of methoxy groups -OCH3 is 1. The third-order valence-corrected chi connectivity index (χ3v) is 4.29. The van der Waals surface area contributed by atoms with Gasteiger partial charge in [0.05, 0.1) is 26.2 Å². The van der Waals surface area contributed by atoms with Gasteiger partial charge < -0.3 is 19.3 Å². The number of ether oxygens (including phenoxy) is 2. The molecular formula is C11H19N2O4S+. The van der Waals surface area contributed by atoms with Crippen LogP contribution in [0.25, 0.3) is 0 Å². The molecule has 2 rings (SSSR count). The molecular weight excluding hydrogens is 256 g/mol. The predicted octanol–water partition coefficient (Wildman–Crippen LogP) is -2.02. The summed E-state index contributed by atoms with van der Waals surface area (Å²) < 4.78 is 9.99. The molecule has 0 spiro atoms. The van der Waals surface area contributed by atoms with Gasteiger partial charge >= 0.3 is 5.97 Å². The van der Waals surface area contributed by atoms with Gasteiger partial charge in [0.1, 0.15) is 19.1 Å². The van der Waals surface area contributed by atoms with Crippen LogP contribution in [-0.4, -0.2) is 74.4 Å². The lowest BCUT2D eigenvalue weighted by Gasteiger charge is -2.27. The number of amides is 1. The van der Waals surface area contributed by atoms with Crippen LogP contribution in [0, 0.1) is 0 Å². The van der Waals surface area contributed by atoms with Crippen molar-refractivity contribution in [3.63, 3.8) is 0 Å². The summed E-state index contributed by atoms with van der Waals surface area (Å²) in [6.45, 7) is 3.57. The minimum Gasteiger partial charge on any atom is -0.467 e. The first-order chi connectivity index (χ1) is 8.72. The summed E-state index contributed by atoms with van der Waals surface area (Å²) in [5, 5.41) is 0. The zero-order chi connectivity index (χ0) is 13.0. The van der Waals surface area contributed by atoms with Crippen LogP contribution in [0.3, 0.4) is 0 Å². The maximum Gasteiger partial charge on any atom is 0.329 e. The van der Waals surface area contributed by atoms with E-state index in [1.807, 2.05) is 0 Å². The molecule has 0 unspecified atom stereocenters. The van der Waals surface area contributed by atoms with E-state index in [1.165, 1.54) is 12.0 Å². The Hall–Kier alpha value is -0.790. The average Bonchev–Trinajstić information content (AvgIpc) is 2.88. The number of hydrogen-bond acceptors (Lipinski definition) is 5. The third-order valence-electron chi connectivity index (χ3n) is 3.28. The Bertz CT molecular complexity index is 320. The summed E-state index contributed by atoms with van der Waals surface area (Å²) in [5.74, 6) is 0.941. The SMILES string of the molecule is COC(=O)[C@@H]1CSCN1C(=O)C[NH+]1CCOCC1. The molecule has 6 nitrogen and oxygen atoms in total. The molecule has 0 aliphatic carbocycles. The normalized spacial score (nSPS) is 25.2. The zero-order valence-electron chi connectivity index (χ0n) is 10.5. The number of morpholine rings is 1. The molecule has 0 aromatic heterocycles. The summed E-state index contributed by atoms with van der Waals surface area (Å²) in [4.78, 5) is 26.6. The quantitative estimate of drug-likeness (QED) is 0.602. The van der Waals surface area contributed by atoms with Crippen molar-refractivity contribution < 1.29 is 24.0 Å². The van der Waals surface area contributed by atoms with E-state index < -0.39 is 6.04 Å². The Morgan fingerprint density at radius 1 is 1.44 bits per heavy atom. The van der Waals surface area contributed by atoms with Crippen molar-refractivity contribution in [3.05, 3.63) is 0 Å². The molecule has 1 amide bonds. The van der Waals surface area contributed by atoms with Crippen molar-refractivity contribution >= 4 is 23.6 Å². The fourth-order valence-electron chi connectivity index (χ4n) is 2.17. The molecule has 2 aliphatic rings. The summed E-state index contributed by atoms with van der Waals surface area (Å²) in [7, 11) is 1.36. The van der Waals surface area contributed by atoms with Gasteiger partial charge in [0.25, 0.3) is 5.91 Å². The molecule has 1 atom stereocenters. The number of esters is 1. The van der Waals surface area contributed by atoms with Crippen LogP contribution >= 0.6 is 11.8 Å². The maximum absolute atomic E-state index is 12.2. The molecule has 0 saturated carbocycles. The highest BCUT2D eigenvalue weighted by Crippen LogP contribution is 2.21. The standard InChI is InChI=1S/C11H18N2O4S/c1-16-11(15)9-7-18-8-13(9)10(14)6-12-2-4-17-5-3-12/h9H,2-8H2,1H3/p+1/t9-/m0/s1. The summed E-state index contributed by atoms with van der Waals surface area (Å²) >= 11 is 1.59. The van der Waals surface area contributed by atoms with Crippen LogP contribution in [0.15, 0.2) is 0 Å². The Morgan fingerprint density at radius 2 is 2.17 bits per heavy atom. The van der Waals surface area contributed by atoms with Gasteiger partial charge in [-0.3, -0.25) is 4.79 Å². The van der Waals surface area contributed by atoms with Crippen LogP contribution in [-0.2, 0) is 19.1 Å². The number of nitrogens with zero attached hydrogens (tertiary/aromatic N) is 1. The molecule has 0 aromatic carbocycles. The number of rotatable bonds is 3. The largest absolute Gasteiger partial charge is 0.467 e. The second-order valence-corrected chi connectivity index (χ2v) is 5.44. The predicted molar refractivity (Wildman–Crippen MR) is 66.4 cm³/mol. The average molecular weight is 275 g/mol. The molecule has 0 bridgehead atoms. The fraction of sp³-hybridized carbons (Fsp3) is 0.818. The number of carbonyl (C=O) groups is 2. The molecule has 0 aromatic rings. The molecule has 102 valence electrons. The van der Waals surface area contributed by atoms with E-state index in [9.17, 15) is 9.59 Å². The number of nitrogens with one attached hydrogen (secondary N) is 1. The van der Waals surface area contributed by atoms with Gasteiger partial charge in [0.15, 0.2) is 6.54 Å². The van der Waals surface area contributed by atoms with E-state index >= 15 is 0 Å².